The zero-order valence-electron chi connectivity index (χ0n) is 17.4. The Kier molecular flexibility index (Phi) is 17.6. The molecule has 3 heteroatoms. The number of nitrogens with two attached hydrogens (primary N) is 1. The smallest absolute Gasteiger partial charge is 0.00388 e. The maximum absolute atomic E-state index is 6.25. The number of hydrogen-bond donors (Lipinski definition) is 1. The van der Waals surface area contributed by atoms with Crippen molar-refractivity contribution in [2.45, 2.75) is 95.9 Å². The van der Waals surface area contributed by atoms with Crippen LogP contribution in [-0.2, 0) is 0 Å². The van der Waals surface area contributed by atoms with Crippen LogP contribution in [0.1, 0.15) is 89.9 Å². The van der Waals surface area contributed by atoms with Crippen molar-refractivity contribution in [3.63, 3.8) is 0 Å². The molecular formula is C21H47N3. The van der Waals surface area contributed by atoms with E-state index in [4.69, 9.17) is 5.73 Å². The second-order valence-corrected chi connectivity index (χ2v) is 8.19. The van der Waals surface area contributed by atoms with Crippen molar-refractivity contribution in [3.8, 4) is 0 Å². The molecule has 24 heavy (non-hydrogen) atoms. The van der Waals surface area contributed by atoms with Gasteiger partial charge < -0.3 is 15.5 Å². The highest BCUT2D eigenvalue weighted by Crippen LogP contribution is 2.13. The molecule has 0 aromatic heterocycles. The number of unbranched alkanes of at least 4 members (excludes halogenated alkanes) is 10. The first-order valence-corrected chi connectivity index (χ1v) is 10.6. The minimum absolute atomic E-state index is 0.451. The van der Waals surface area contributed by atoms with Crippen molar-refractivity contribution in [2.24, 2.45) is 5.73 Å². The van der Waals surface area contributed by atoms with Crippen LogP contribution in [0.15, 0.2) is 0 Å². The van der Waals surface area contributed by atoms with Gasteiger partial charge in [0.05, 0.1) is 0 Å². The molecule has 0 rings (SSSR count). The van der Waals surface area contributed by atoms with Gasteiger partial charge in [0, 0.05) is 6.04 Å². The molecule has 0 saturated carbocycles. The molecule has 0 heterocycles. The van der Waals surface area contributed by atoms with Crippen molar-refractivity contribution < 1.29 is 0 Å². The van der Waals surface area contributed by atoms with Crippen LogP contribution >= 0.6 is 0 Å². The van der Waals surface area contributed by atoms with Gasteiger partial charge >= 0.3 is 0 Å². The van der Waals surface area contributed by atoms with E-state index in [1.807, 2.05) is 0 Å². The van der Waals surface area contributed by atoms with E-state index in [1.165, 1.54) is 103 Å². The van der Waals surface area contributed by atoms with Crippen LogP contribution < -0.4 is 5.73 Å². The molecule has 3 nitrogen and oxygen atoms in total. The van der Waals surface area contributed by atoms with Crippen LogP contribution in [-0.4, -0.2) is 57.1 Å². The summed E-state index contributed by atoms with van der Waals surface area (Å²) in [5, 5.41) is 0. The summed E-state index contributed by atoms with van der Waals surface area (Å²) >= 11 is 0. The lowest BCUT2D eigenvalue weighted by molar-refractivity contribution is 0.387. The molecule has 2 N–H and O–H groups in total. The molecule has 0 spiro atoms. The summed E-state index contributed by atoms with van der Waals surface area (Å²) in [5.74, 6) is 0. The maximum atomic E-state index is 6.25. The first-order valence-electron chi connectivity index (χ1n) is 10.6. The summed E-state index contributed by atoms with van der Waals surface area (Å²) < 4.78 is 0. The Labute approximate surface area is 153 Å². The van der Waals surface area contributed by atoms with Gasteiger partial charge in [-0.25, -0.2) is 0 Å². The summed E-state index contributed by atoms with van der Waals surface area (Å²) in [6, 6.07) is 0.451. The number of nitrogens with zero attached hydrogens (tertiary/aromatic N) is 2. The van der Waals surface area contributed by atoms with Crippen molar-refractivity contribution in [1.82, 2.24) is 9.80 Å². The standard InChI is InChI=1S/C21H47N3/c1-23(2)19-15-11-7-5-9-13-17-21(22)18-14-10-6-8-12-16-20-24(3)4/h21H,5-20,22H2,1-4H3. The molecule has 0 aliphatic rings. The summed E-state index contributed by atoms with van der Waals surface area (Å²) in [5.41, 5.74) is 6.25. The highest BCUT2D eigenvalue weighted by molar-refractivity contribution is 4.62. The summed E-state index contributed by atoms with van der Waals surface area (Å²) in [7, 11) is 8.64. The first kappa shape index (κ1) is 23.9. The Balaban J connectivity index is 3.17. The molecule has 0 saturated heterocycles. The Morgan fingerprint density at radius 2 is 0.792 bits per heavy atom. The predicted molar refractivity (Wildman–Crippen MR) is 110 cm³/mol. The van der Waals surface area contributed by atoms with Crippen molar-refractivity contribution in [2.75, 3.05) is 41.3 Å². The Hall–Kier alpha value is -0.120. The molecule has 146 valence electrons. The minimum Gasteiger partial charge on any atom is -0.328 e. The van der Waals surface area contributed by atoms with E-state index in [0.717, 1.165) is 0 Å². The summed E-state index contributed by atoms with van der Waals surface area (Å²) in [6.07, 6.45) is 19.0. The molecule has 0 radical (unpaired) electrons. The maximum Gasteiger partial charge on any atom is 0.00388 e. The van der Waals surface area contributed by atoms with Gasteiger partial charge in [-0.15, -0.1) is 0 Å². The highest BCUT2D eigenvalue weighted by Gasteiger charge is 2.02. The van der Waals surface area contributed by atoms with Gasteiger partial charge in [-0.2, -0.15) is 0 Å². The normalized spacial score (nSPS) is 12.0. The van der Waals surface area contributed by atoms with Crippen LogP contribution in [0.2, 0.25) is 0 Å². The van der Waals surface area contributed by atoms with Gasteiger partial charge in [0.25, 0.3) is 0 Å². The zero-order valence-corrected chi connectivity index (χ0v) is 17.4. The van der Waals surface area contributed by atoms with Gasteiger partial charge in [-0.05, 0) is 67.0 Å². The molecule has 0 amide bonds. The molecule has 0 fully saturated rings. The van der Waals surface area contributed by atoms with E-state index < -0.39 is 0 Å². The number of rotatable bonds is 18. The third-order valence-electron chi connectivity index (χ3n) is 4.86. The monoisotopic (exact) mass is 341 g/mol. The van der Waals surface area contributed by atoms with Crippen molar-refractivity contribution in [1.29, 1.82) is 0 Å². The molecule has 0 atom stereocenters. The van der Waals surface area contributed by atoms with E-state index in [1.54, 1.807) is 0 Å². The van der Waals surface area contributed by atoms with Crippen molar-refractivity contribution >= 4 is 0 Å². The molecule has 0 aliphatic heterocycles. The quantitative estimate of drug-likeness (QED) is 0.360. The minimum atomic E-state index is 0.451. The zero-order chi connectivity index (χ0) is 18.0. The van der Waals surface area contributed by atoms with E-state index in [2.05, 4.69) is 38.0 Å². The summed E-state index contributed by atoms with van der Waals surface area (Å²) in [6.45, 7) is 2.47. The Morgan fingerprint density at radius 1 is 0.500 bits per heavy atom. The highest BCUT2D eigenvalue weighted by atomic mass is 15.0. The molecule has 0 bridgehead atoms. The second kappa shape index (κ2) is 17.7. The van der Waals surface area contributed by atoms with Crippen molar-refractivity contribution in [3.05, 3.63) is 0 Å². The molecule has 0 unspecified atom stereocenters. The van der Waals surface area contributed by atoms with Gasteiger partial charge in [0.1, 0.15) is 0 Å². The second-order valence-electron chi connectivity index (χ2n) is 8.19. The third-order valence-corrected chi connectivity index (χ3v) is 4.86. The summed E-state index contributed by atoms with van der Waals surface area (Å²) in [4.78, 5) is 4.56. The van der Waals surface area contributed by atoms with Gasteiger partial charge in [-0.1, -0.05) is 64.2 Å². The Morgan fingerprint density at radius 3 is 1.12 bits per heavy atom. The molecule has 0 aromatic rings. The SMILES string of the molecule is CN(C)CCCCCCCCC(N)CCCCCCCCN(C)C. The van der Waals surface area contributed by atoms with Crippen LogP contribution in [0.3, 0.4) is 0 Å². The first-order chi connectivity index (χ1) is 11.5. The van der Waals surface area contributed by atoms with Gasteiger partial charge in [-0.3, -0.25) is 0 Å². The van der Waals surface area contributed by atoms with E-state index in [-0.39, 0.29) is 0 Å². The lowest BCUT2D eigenvalue weighted by atomic mass is 10.0. The van der Waals surface area contributed by atoms with Gasteiger partial charge in [0.15, 0.2) is 0 Å². The lowest BCUT2D eigenvalue weighted by Gasteiger charge is -2.12. The fraction of sp³-hybridized carbons (Fsp3) is 1.00. The van der Waals surface area contributed by atoms with Gasteiger partial charge in [0.2, 0.25) is 0 Å². The fourth-order valence-corrected chi connectivity index (χ4v) is 3.23. The predicted octanol–water partition coefficient (Wildman–Crippen LogP) is 4.90. The average molecular weight is 342 g/mol. The van der Waals surface area contributed by atoms with Crippen LogP contribution in [0.4, 0.5) is 0 Å². The largest absolute Gasteiger partial charge is 0.328 e. The number of hydrogen-bond acceptors (Lipinski definition) is 3. The molecular weight excluding hydrogens is 294 g/mol. The van der Waals surface area contributed by atoms with E-state index in [0.29, 0.717) is 6.04 Å². The average Bonchev–Trinajstić information content (AvgIpc) is 2.51. The lowest BCUT2D eigenvalue weighted by Crippen LogP contribution is -2.19. The van der Waals surface area contributed by atoms with E-state index in [9.17, 15) is 0 Å². The van der Waals surface area contributed by atoms with Crippen LogP contribution in [0.25, 0.3) is 0 Å². The fourth-order valence-electron chi connectivity index (χ4n) is 3.23. The third kappa shape index (κ3) is 19.9. The van der Waals surface area contributed by atoms with Crippen LogP contribution in [0, 0.1) is 0 Å². The molecule has 0 aliphatic carbocycles. The molecule has 0 aromatic carbocycles. The van der Waals surface area contributed by atoms with E-state index >= 15 is 0 Å². The topological polar surface area (TPSA) is 32.5 Å². The van der Waals surface area contributed by atoms with Crippen LogP contribution in [0.5, 0.6) is 0 Å². The Bertz CT molecular complexity index is 217.